The quantitative estimate of drug-likeness (QED) is 0.576. The van der Waals surface area contributed by atoms with Crippen molar-refractivity contribution in [2.75, 3.05) is 0 Å². The zero-order valence-corrected chi connectivity index (χ0v) is 6.94. The van der Waals surface area contributed by atoms with Crippen molar-refractivity contribution in [3.63, 3.8) is 0 Å². The maximum Gasteiger partial charge on any atom is 0.302 e. The minimum absolute atomic E-state index is 0.452. The Morgan fingerprint density at radius 1 is 1.55 bits per heavy atom. The predicted octanol–water partition coefficient (Wildman–Crippen LogP) is -0.881. The maximum absolute atomic E-state index is 10.8. The van der Waals surface area contributed by atoms with Crippen molar-refractivity contribution in [2.45, 2.75) is 25.8 Å². The second-order valence-corrected chi connectivity index (χ2v) is 3.88. The highest BCUT2D eigenvalue weighted by atomic mass is 32.2. The van der Waals surface area contributed by atoms with E-state index in [9.17, 15) is 13.2 Å². The van der Waals surface area contributed by atoms with E-state index in [0.717, 1.165) is 6.42 Å². The topological polar surface area (TPSA) is 75.3 Å². The summed E-state index contributed by atoms with van der Waals surface area (Å²) in [7, 11) is -3.52. The van der Waals surface area contributed by atoms with Gasteiger partial charge in [-0.05, 0) is 6.42 Å². The Morgan fingerprint density at radius 2 is 2.18 bits per heavy atom. The first kappa shape index (κ1) is 8.48. The average Bonchev–Trinajstić information content (AvgIpc) is 2.07. The van der Waals surface area contributed by atoms with Crippen molar-refractivity contribution in [3.8, 4) is 0 Å². The zero-order valence-electron chi connectivity index (χ0n) is 6.12. The van der Waals surface area contributed by atoms with Gasteiger partial charge in [-0.3, -0.25) is 4.79 Å². The first-order valence-corrected chi connectivity index (χ1v) is 4.87. The Labute approximate surface area is 65.4 Å². The molecule has 2 N–H and O–H groups in total. The van der Waals surface area contributed by atoms with E-state index in [-0.39, 0.29) is 0 Å². The van der Waals surface area contributed by atoms with Crippen LogP contribution in [-0.2, 0) is 15.0 Å². The lowest BCUT2D eigenvalue weighted by molar-refractivity contribution is -0.120. The number of carbonyl (C=O) groups excluding carboxylic acids is 1. The van der Waals surface area contributed by atoms with Crippen LogP contribution in [-0.4, -0.2) is 20.4 Å². The van der Waals surface area contributed by atoms with Crippen LogP contribution in [0.15, 0.2) is 0 Å². The molecule has 0 aliphatic carbocycles. The molecule has 0 bridgehead atoms. The third kappa shape index (κ3) is 1.90. The Bertz CT molecular complexity index is 259. The van der Waals surface area contributed by atoms with Gasteiger partial charge in [0.1, 0.15) is 6.04 Å². The molecule has 1 rings (SSSR count). The Hall–Kier alpha value is -0.620. The van der Waals surface area contributed by atoms with E-state index in [4.69, 9.17) is 0 Å². The van der Waals surface area contributed by atoms with Gasteiger partial charge in [0.15, 0.2) is 0 Å². The Morgan fingerprint density at radius 3 is 2.55 bits per heavy atom. The van der Waals surface area contributed by atoms with E-state index in [1.165, 1.54) is 0 Å². The molecule has 1 unspecified atom stereocenters. The van der Waals surface area contributed by atoms with Gasteiger partial charge in [-0.15, -0.1) is 0 Å². The summed E-state index contributed by atoms with van der Waals surface area (Å²) < 4.78 is 25.4. The Kier molecular flexibility index (Phi) is 2.15. The highest BCUT2D eigenvalue weighted by Gasteiger charge is 2.33. The van der Waals surface area contributed by atoms with Gasteiger partial charge in [0, 0.05) is 0 Å². The van der Waals surface area contributed by atoms with Crippen LogP contribution in [0.2, 0.25) is 0 Å². The molecule has 1 aliphatic heterocycles. The lowest BCUT2D eigenvalue weighted by atomic mass is 10.2. The standard InChI is InChI=1S/C5H10N2O3S/c1-2-3-4-5(8)7-11(9,10)6-4/h4,6H,2-3H2,1H3,(H,7,8). The number of hydrogen-bond acceptors (Lipinski definition) is 3. The van der Waals surface area contributed by atoms with Gasteiger partial charge in [-0.2, -0.15) is 13.1 Å². The third-order valence-electron chi connectivity index (χ3n) is 1.43. The van der Waals surface area contributed by atoms with Crippen LogP contribution in [0.4, 0.5) is 0 Å². The SMILES string of the molecule is CCCC1NS(=O)(=O)NC1=O. The third-order valence-corrected chi connectivity index (χ3v) is 2.49. The fourth-order valence-corrected chi connectivity index (χ4v) is 2.02. The van der Waals surface area contributed by atoms with Crippen molar-refractivity contribution in [1.82, 2.24) is 9.44 Å². The number of nitrogens with one attached hydrogen (secondary N) is 2. The van der Waals surface area contributed by atoms with Gasteiger partial charge in [0.05, 0.1) is 0 Å². The van der Waals surface area contributed by atoms with Crippen molar-refractivity contribution < 1.29 is 13.2 Å². The molecule has 5 nitrogen and oxygen atoms in total. The molecule has 1 saturated heterocycles. The summed E-state index contributed by atoms with van der Waals surface area (Å²) in [5.41, 5.74) is 0. The molecule has 0 radical (unpaired) electrons. The van der Waals surface area contributed by atoms with Crippen LogP contribution in [0.25, 0.3) is 0 Å². The molecule has 1 aliphatic rings. The second-order valence-electron chi connectivity index (χ2n) is 2.43. The van der Waals surface area contributed by atoms with Crippen molar-refractivity contribution in [1.29, 1.82) is 0 Å². The number of carbonyl (C=O) groups is 1. The lowest BCUT2D eigenvalue weighted by Crippen LogP contribution is -2.28. The largest absolute Gasteiger partial charge is 0.302 e. The fourth-order valence-electron chi connectivity index (χ4n) is 0.953. The number of rotatable bonds is 2. The summed E-state index contributed by atoms with van der Waals surface area (Å²) >= 11 is 0. The summed E-state index contributed by atoms with van der Waals surface area (Å²) in [6, 6.07) is -0.565. The van der Waals surface area contributed by atoms with Crippen LogP contribution in [0, 0.1) is 0 Å². The minimum Gasteiger partial charge on any atom is -0.272 e. The van der Waals surface area contributed by atoms with E-state index in [0.29, 0.717) is 6.42 Å². The molecule has 11 heavy (non-hydrogen) atoms. The van der Waals surface area contributed by atoms with Gasteiger partial charge >= 0.3 is 10.2 Å². The molecular formula is C5H10N2O3S. The first-order valence-electron chi connectivity index (χ1n) is 3.39. The summed E-state index contributed by atoms with van der Waals surface area (Å²) in [6.45, 7) is 1.89. The molecule has 6 heteroatoms. The minimum atomic E-state index is -3.52. The van der Waals surface area contributed by atoms with E-state index in [1.54, 1.807) is 0 Å². The van der Waals surface area contributed by atoms with Crippen LogP contribution in [0.1, 0.15) is 19.8 Å². The van der Waals surface area contributed by atoms with Crippen LogP contribution < -0.4 is 9.44 Å². The van der Waals surface area contributed by atoms with E-state index >= 15 is 0 Å². The zero-order chi connectivity index (χ0) is 8.48. The highest BCUT2D eigenvalue weighted by Crippen LogP contribution is 2.04. The maximum atomic E-state index is 10.8. The predicted molar refractivity (Wildman–Crippen MR) is 38.9 cm³/mol. The molecule has 0 spiro atoms. The first-order chi connectivity index (χ1) is 5.05. The lowest BCUT2D eigenvalue weighted by Gasteiger charge is -2.00. The van der Waals surface area contributed by atoms with Gasteiger partial charge in [-0.25, -0.2) is 4.72 Å². The van der Waals surface area contributed by atoms with Crippen LogP contribution in [0.5, 0.6) is 0 Å². The molecule has 0 aromatic heterocycles. The normalized spacial score (nSPS) is 28.5. The number of amides is 1. The molecule has 0 aromatic carbocycles. The van der Waals surface area contributed by atoms with Crippen molar-refractivity contribution in [3.05, 3.63) is 0 Å². The van der Waals surface area contributed by atoms with Crippen molar-refractivity contribution in [2.24, 2.45) is 0 Å². The molecular weight excluding hydrogens is 168 g/mol. The smallest absolute Gasteiger partial charge is 0.272 e. The van der Waals surface area contributed by atoms with Gasteiger partial charge < -0.3 is 0 Å². The average molecular weight is 178 g/mol. The van der Waals surface area contributed by atoms with Gasteiger partial charge in [0.25, 0.3) is 5.91 Å². The van der Waals surface area contributed by atoms with E-state index in [2.05, 4.69) is 4.72 Å². The monoisotopic (exact) mass is 178 g/mol. The molecule has 0 saturated carbocycles. The summed E-state index contributed by atoms with van der Waals surface area (Å²) in [5.74, 6) is -0.452. The van der Waals surface area contributed by atoms with E-state index in [1.807, 2.05) is 11.6 Å². The Balaban J connectivity index is 2.67. The second kappa shape index (κ2) is 2.78. The van der Waals surface area contributed by atoms with Crippen LogP contribution >= 0.6 is 0 Å². The van der Waals surface area contributed by atoms with Crippen LogP contribution in [0.3, 0.4) is 0 Å². The van der Waals surface area contributed by atoms with Gasteiger partial charge in [-0.1, -0.05) is 13.3 Å². The van der Waals surface area contributed by atoms with Crippen molar-refractivity contribution >= 4 is 16.1 Å². The highest BCUT2D eigenvalue weighted by molar-refractivity contribution is 7.88. The summed E-state index contributed by atoms with van der Waals surface area (Å²) in [5, 5.41) is 0. The molecule has 0 aromatic rings. The summed E-state index contributed by atoms with van der Waals surface area (Å²) in [4.78, 5) is 10.8. The number of hydrogen-bond donors (Lipinski definition) is 2. The molecule has 1 atom stereocenters. The summed E-state index contributed by atoms with van der Waals surface area (Å²) in [6.07, 6.45) is 1.33. The molecule has 1 fully saturated rings. The molecule has 1 amide bonds. The van der Waals surface area contributed by atoms with Gasteiger partial charge in [0.2, 0.25) is 0 Å². The van der Waals surface area contributed by atoms with E-state index < -0.39 is 22.2 Å². The fraction of sp³-hybridized carbons (Fsp3) is 0.800. The molecule has 1 heterocycles. The molecule has 64 valence electrons.